The largest absolute Gasteiger partial charge is 0.493 e. The third-order valence-corrected chi connectivity index (χ3v) is 9.60. The van der Waals surface area contributed by atoms with Gasteiger partial charge in [-0.1, -0.05) is 55.8 Å². The molecule has 0 saturated carbocycles. The molecule has 0 aromatic heterocycles. The zero-order chi connectivity index (χ0) is 31.5. The normalized spacial score (nSPS) is 20.6. The van der Waals surface area contributed by atoms with Crippen LogP contribution in [0.5, 0.6) is 5.75 Å². The van der Waals surface area contributed by atoms with E-state index in [4.69, 9.17) is 10.5 Å². The number of benzene rings is 3. The molecule has 3 aromatic rings. The number of amides is 2. The minimum absolute atomic E-state index is 0.0289. The molecule has 236 valence electrons. The van der Waals surface area contributed by atoms with Gasteiger partial charge in [0.15, 0.2) is 0 Å². The van der Waals surface area contributed by atoms with Gasteiger partial charge in [0.05, 0.1) is 19.1 Å². The summed E-state index contributed by atoms with van der Waals surface area (Å²) in [6.07, 6.45) is 3.03. The number of anilines is 1. The highest BCUT2D eigenvalue weighted by Crippen LogP contribution is 2.41. The van der Waals surface area contributed by atoms with E-state index in [1.807, 2.05) is 65.6 Å². The minimum atomic E-state index is -0.883. The van der Waals surface area contributed by atoms with Gasteiger partial charge in [-0.3, -0.25) is 19.3 Å². The Balaban J connectivity index is 1.28. The molecule has 6 rings (SSSR count). The smallest absolute Gasteiger partial charge is 0.308 e. The quantitative estimate of drug-likeness (QED) is 0.312. The van der Waals surface area contributed by atoms with Gasteiger partial charge in [-0.25, -0.2) is 0 Å². The molecule has 0 spiro atoms. The van der Waals surface area contributed by atoms with E-state index in [1.165, 1.54) is 0 Å². The first kappa shape index (κ1) is 30.8. The number of likely N-dealkylation sites (tertiary alicyclic amines) is 1. The van der Waals surface area contributed by atoms with Crippen molar-refractivity contribution in [3.05, 3.63) is 94.5 Å². The first-order chi connectivity index (χ1) is 21.9. The average Bonchev–Trinajstić information content (AvgIpc) is 3.75. The SMILES string of the molecule is CCCCN(C(=O)CN1CC(c2ccc3c(c2)CCO3)C(C(=O)O)C1CCN1Cc2ccccc2C1=O)c1cccc(CN)c1. The molecule has 0 bridgehead atoms. The van der Waals surface area contributed by atoms with Crippen LogP contribution in [0.25, 0.3) is 0 Å². The Kier molecular flexibility index (Phi) is 9.19. The summed E-state index contributed by atoms with van der Waals surface area (Å²) in [6, 6.07) is 20.9. The summed E-state index contributed by atoms with van der Waals surface area (Å²) < 4.78 is 5.71. The number of nitrogens with zero attached hydrogens (tertiary/aromatic N) is 3. The van der Waals surface area contributed by atoms with E-state index >= 15 is 0 Å². The number of unbranched alkanes of at least 4 members (excludes halogenated alkanes) is 1. The molecule has 9 heteroatoms. The second-order valence-electron chi connectivity index (χ2n) is 12.4. The van der Waals surface area contributed by atoms with Gasteiger partial charge in [0, 0.05) is 62.4 Å². The van der Waals surface area contributed by atoms with Gasteiger partial charge in [-0.05, 0) is 59.4 Å². The van der Waals surface area contributed by atoms with Crippen LogP contribution < -0.4 is 15.4 Å². The fraction of sp³-hybridized carbons (Fsp3) is 0.417. The summed E-state index contributed by atoms with van der Waals surface area (Å²) in [4.78, 5) is 46.0. The first-order valence-corrected chi connectivity index (χ1v) is 16.1. The molecule has 3 N–H and O–H groups in total. The van der Waals surface area contributed by atoms with Gasteiger partial charge in [0.25, 0.3) is 5.91 Å². The lowest BCUT2D eigenvalue weighted by molar-refractivity contribution is -0.143. The Labute approximate surface area is 264 Å². The van der Waals surface area contributed by atoms with Crippen molar-refractivity contribution in [2.45, 2.75) is 57.7 Å². The van der Waals surface area contributed by atoms with Gasteiger partial charge >= 0.3 is 5.97 Å². The summed E-state index contributed by atoms with van der Waals surface area (Å²) in [5.41, 5.74) is 11.4. The fourth-order valence-electron chi connectivity index (χ4n) is 7.24. The van der Waals surface area contributed by atoms with Crippen molar-refractivity contribution in [2.24, 2.45) is 11.7 Å². The molecule has 0 aliphatic carbocycles. The third kappa shape index (κ3) is 6.32. The molecule has 1 saturated heterocycles. The van der Waals surface area contributed by atoms with Crippen molar-refractivity contribution in [1.82, 2.24) is 9.80 Å². The molecule has 3 unspecified atom stereocenters. The van der Waals surface area contributed by atoms with Gasteiger partial charge in [0.1, 0.15) is 5.75 Å². The van der Waals surface area contributed by atoms with Crippen LogP contribution >= 0.6 is 0 Å². The zero-order valence-electron chi connectivity index (χ0n) is 25.9. The lowest BCUT2D eigenvalue weighted by atomic mass is 9.83. The monoisotopic (exact) mass is 610 g/mol. The van der Waals surface area contributed by atoms with E-state index in [0.717, 1.165) is 53.0 Å². The summed E-state index contributed by atoms with van der Waals surface area (Å²) >= 11 is 0. The molecule has 3 aliphatic heterocycles. The van der Waals surface area contributed by atoms with E-state index < -0.39 is 17.9 Å². The molecule has 9 nitrogen and oxygen atoms in total. The van der Waals surface area contributed by atoms with Crippen LogP contribution in [0.2, 0.25) is 0 Å². The number of carboxylic acid groups (broad SMARTS) is 1. The second kappa shape index (κ2) is 13.4. The molecule has 2 amide bonds. The van der Waals surface area contributed by atoms with E-state index in [0.29, 0.717) is 51.3 Å². The van der Waals surface area contributed by atoms with Crippen molar-refractivity contribution < 1.29 is 24.2 Å². The van der Waals surface area contributed by atoms with Crippen LogP contribution in [0.15, 0.2) is 66.7 Å². The van der Waals surface area contributed by atoms with Crippen molar-refractivity contribution in [1.29, 1.82) is 0 Å². The maximum atomic E-state index is 14.1. The van der Waals surface area contributed by atoms with Gasteiger partial charge in [0.2, 0.25) is 5.91 Å². The van der Waals surface area contributed by atoms with Gasteiger partial charge in [-0.2, -0.15) is 0 Å². The average molecular weight is 611 g/mol. The highest BCUT2D eigenvalue weighted by atomic mass is 16.5. The number of hydrogen-bond acceptors (Lipinski definition) is 6. The molecule has 3 aliphatic rings. The number of hydrogen-bond donors (Lipinski definition) is 2. The van der Waals surface area contributed by atoms with Crippen LogP contribution in [0.4, 0.5) is 5.69 Å². The van der Waals surface area contributed by atoms with Crippen molar-refractivity contribution in [3.63, 3.8) is 0 Å². The molecule has 3 heterocycles. The summed E-state index contributed by atoms with van der Waals surface area (Å²) in [5, 5.41) is 10.7. The van der Waals surface area contributed by atoms with Crippen molar-refractivity contribution in [2.75, 3.05) is 37.7 Å². The number of nitrogens with two attached hydrogens (primary N) is 1. The van der Waals surface area contributed by atoms with E-state index in [-0.39, 0.29) is 24.3 Å². The molecule has 1 fully saturated rings. The summed E-state index contributed by atoms with van der Waals surface area (Å²) in [5.74, 6) is -1.17. The molecule has 3 aromatic carbocycles. The standard InChI is InChI=1S/C36H42N4O5/c1-2-3-15-40(28-9-6-7-24(18-28)20-37)33(41)23-39-22-30(25-11-12-32-26(19-25)14-17-45-32)34(36(43)44)31(39)13-16-38-21-27-8-4-5-10-29(27)35(38)42/h4-12,18-19,30-31,34H,2-3,13-17,20-23,37H2,1H3,(H,43,44). The summed E-state index contributed by atoms with van der Waals surface area (Å²) in [7, 11) is 0. The van der Waals surface area contributed by atoms with E-state index in [1.54, 1.807) is 4.90 Å². The van der Waals surface area contributed by atoms with Crippen LogP contribution in [-0.4, -0.2) is 71.5 Å². The lowest BCUT2D eigenvalue weighted by Gasteiger charge is -2.31. The Hall–Kier alpha value is -4.21. The highest BCUT2D eigenvalue weighted by molar-refractivity contribution is 5.98. The minimum Gasteiger partial charge on any atom is -0.493 e. The van der Waals surface area contributed by atoms with Gasteiger partial charge < -0.3 is 25.4 Å². The Bertz CT molecular complexity index is 1570. The first-order valence-electron chi connectivity index (χ1n) is 16.1. The molecule has 45 heavy (non-hydrogen) atoms. The van der Waals surface area contributed by atoms with E-state index in [9.17, 15) is 19.5 Å². The third-order valence-electron chi connectivity index (χ3n) is 9.60. The highest BCUT2D eigenvalue weighted by Gasteiger charge is 2.47. The maximum Gasteiger partial charge on any atom is 0.308 e. The molecule has 0 radical (unpaired) electrons. The number of rotatable bonds is 12. The van der Waals surface area contributed by atoms with Crippen molar-refractivity contribution in [3.8, 4) is 5.75 Å². The van der Waals surface area contributed by atoms with Gasteiger partial charge in [-0.15, -0.1) is 0 Å². The number of aliphatic carboxylic acids is 1. The topological polar surface area (TPSA) is 116 Å². The predicted octanol–water partition coefficient (Wildman–Crippen LogP) is 4.43. The van der Waals surface area contributed by atoms with Crippen LogP contribution in [0, 0.1) is 5.92 Å². The van der Waals surface area contributed by atoms with E-state index in [2.05, 4.69) is 17.9 Å². The van der Waals surface area contributed by atoms with Crippen LogP contribution in [-0.2, 0) is 29.1 Å². The number of fused-ring (bicyclic) bond motifs is 2. The predicted molar refractivity (Wildman–Crippen MR) is 172 cm³/mol. The number of carbonyl (C=O) groups is 3. The Morgan fingerprint density at radius 1 is 1.07 bits per heavy atom. The van der Waals surface area contributed by atoms with Crippen molar-refractivity contribution >= 4 is 23.5 Å². The number of carboxylic acids is 1. The molecular formula is C36H42N4O5. The zero-order valence-corrected chi connectivity index (χ0v) is 25.9. The number of ether oxygens (including phenoxy) is 1. The van der Waals surface area contributed by atoms with Crippen LogP contribution in [0.1, 0.15) is 64.7 Å². The fourth-order valence-corrected chi connectivity index (χ4v) is 7.24. The summed E-state index contributed by atoms with van der Waals surface area (Å²) in [6.45, 7) is 5.11. The second-order valence-corrected chi connectivity index (χ2v) is 12.4. The lowest BCUT2D eigenvalue weighted by Crippen LogP contribution is -2.45. The van der Waals surface area contributed by atoms with Crippen LogP contribution in [0.3, 0.4) is 0 Å². The Morgan fingerprint density at radius 2 is 1.91 bits per heavy atom. The maximum absolute atomic E-state index is 14.1. The molecular weight excluding hydrogens is 568 g/mol. The number of carbonyl (C=O) groups excluding carboxylic acids is 2. The molecule has 3 atom stereocenters. The Morgan fingerprint density at radius 3 is 2.69 bits per heavy atom.